The molecule has 0 saturated heterocycles. The summed E-state index contributed by atoms with van der Waals surface area (Å²) in [6, 6.07) is 5.29. The van der Waals surface area contributed by atoms with Crippen LogP contribution in [0.4, 0.5) is 5.69 Å². The topological polar surface area (TPSA) is 49.3 Å². The minimum absolute atomic E-state index is 0.358. The Morgan fingerprint density at radius 1 is 1.50 bits per heavy atom. The molecule has 12 heavy (non-hydrogen) atoms. The highest BCUT2D eigenvalue weighted by atomic mass is 79.9. The van der Waals surface area contributed by atoms with Gasteiger partial charge in [0.2, 0.25) is 0 Å². The lowest BCUT2D eigenvalue weighted by molar-refractivity contribution is -0.123. The lowest BCUT2D eigenvalue weighted by atomic mass is 10.1. The van der Waals surface area contributed by atoms with Crippen LogP contribution in [0, 0.1) is 0 Å². The first-order chi connectivity index (χ1) is 5.68. The summed E-state index contributed by atoms with van der Waals surface area (Å²) < 4.78 is 0.885. The number of amides is 1. The summed E-state index contributed by atoms with van der Waals surface area (Å²) in [6.07, 6.45) is -1.01. The Bertz CT molecular complexity index is 351. The molecule has 1 unspecified atom stereocenters. The lowest BCUT2D eigenvalue weighted by Gasteiger charge is -1.99. The van der Waals surface area contributed by atoms with Crippen LogP contribution in [0.5, 0.6) is 0 Å². The van der Waals surface area contributed by atoms with Crippen molar-refractivity contribution in [3.8, 4) is 0 Å². The molecular weight excluding hydrogens is 222 g/mol. The van der Waals surface area contributed by atoms with Crippen molar-refractivity contribution in [3.05, 3.63) is 28.2 Å². The first-order valence-electron chi connectivity index (χ1n) is 3.47. The molecule has 3 nitrogen and oxygen atoms in total. The maximum atomic E-state index is 11.0. The van der Waals surface area contributed by atoms with E-state index in [1.165, 1.54) is 0 Å². The van der Waals surface area contributed by atoms with E-state index >= 15 is 0 Å². The molecule has 1 aliphatic rings. The highest BCUT2D eigenvalue weighted by molar-refractivity contribution is 9.10. The molecule has 0 aromatic heterocycles. The molecule has 1 amide bonds. The van der Waals surface area contributed by atoms with E-state index in [2.05, 4.69) is 21.2 Å². The maximum absolute atomic E-state index is 11.0. The van der Waals surface area contributed by atoms with Crippen LogP contribution in [0.2, 0.25) is 0 Å². The number of anilines is 1. The molecule has 62 valence electrons. The summed E-state index contributed by atoms with van der Waals surface area (Å²) in [5.74, 6) is -0.358. The average molecular weight is 228 g/mol. The average Bonchev–Trinajstić information content (AvgIpc) is 2.28. The van der Waals surface area contributed by atoms with Crippen molar-refractivity contribution >= 4 is 27.5 Å². The third kappa shape index (κ3) is 1.04. The van der Waals surface area contributed by atoms with Crippen molar-refractivity contribution < 1.29 is 9.90 Å². The second-order valence-corrected chi connectivity index (χ2v) is 3.54. The van der Waals surface area contributed by atoms with E-state index in [-0.39, 0.29) is 5.91 Å². The molecule has 0 radical (unpaired) electrons. The van der Waals surface area contributed by atoms with Gasteiger partial charge in [0, 0.05) is 15.7 Å². The van der Waals surface area contributed by atoms with E-state index in [0.29, 0.717) is 11.3 Å². The number of benzene rings is 1. The number of rotatable bonds is 0. The Labute approximate surface area is 77.5 Å². The molecule has 0 saturated carbocycles. The van der Waals surface area contributed by atoms with Crippen LogP contribution in [0.25, 0.3) is 0 Å². The maximum Gasteiger partial charge on any atom is 0.257 e. The Balaban J connectivity index is 2.54. The molecular formula is C8H6BrNO2. The van der Waals surface area contributed by atoms with Crippen molar-refractivity contribution in [2.24, 2.45) is 0 Å². The van der Waals surface area contributed by atoms with E-state index < -0.39 is 6.10 Å². The van der Waals surface area contributed by atoms with Crippen molar-refractivity contribution in [2.75, 3.05) is 5.32 Å². The molecule has 2 N–H and O–H groups in total. The van der Waals surface area contributed by atoms with Crippen molar-refractivity contribution in [3.63, 3.8) is 0 Å². The van der Waals surface area contributed by atoms with Crippen LogP contribution in [-0.4, -0.2) is 11.0 Å². The van der Waals surface area contributed by atoms with Gasteiger partial charge in [-0.25, -0.2) is 0 Å². The number of aliphatic hydroxyl groups is 1. The fourth-order valence-corrected chi connectivity index (χ4v) is 1.58. The van der Waals surface area contributed by atoms with E-state index in [4.69, 9.17) is 0 Å². The molecule has 1 heterocycles. The summed E-state index contributed by atoms with van der Waals surface area (Å²) in [5.41, 5.74) is 1.32. The smallest absolute Gasteiger partial charge is 0.257 e. The number of carbonyl (C=O) groups is 1. The van der Waals surface area contributed by atoms with Gasteiger partial charge in [-0.3, -0.25) is 4.79 Å². The number of hydrogen-bond donors (Lipinski definition) is 2. The highest BCUT2D eigenvalue weighted by Gasteiger charge is 2.27. The van der Waals surface area contributed by atoms with Gasteiger partial charge < -0.3 is 10.4 Å². The van der Waals surface area contributed by atoms with Crippen LogP contribution < -0.4 is 5.32 Å². The normalized spacial score (nSPS) is 20.5. The third-order valence-electron chi connectivity index (χ3n) is 1.82. The molecule has 2 rings (SSSR count). The van der Waals surface area contributed by atoms with Gasteiger partial charge in [0.15, 0.2) is 6.10 Å². The van der Waals surface area contributed by atoms with Crippen molar-refractivity contribution in [2.45, 2.75) is 6.10 Å². The van der Waals surface area contributed by atoms with Gasteiger partial charge in [0.25, 0.3) is 5.91 Å². The number of aliphatic hydroxyl groups excluding tert-OH is 1. The summed E-state index contributed by atoms with van der Waals surface area (Å²) in [4.78, 5) is 11.0. The monoisotopic (exact) mass is 227 g/mol. The second kappa shape index (κ2) is 2.57. The second-order valence-electron chi connectivity index (χ2n) is 2.62. The zero-order valence-corrected chi connectivity index (χ0v) is 7.63. The van der Waals surface area contributed by atoms with Gasteiger partial charge in [-0.15, -0.1) is 0 Å². The van der Waals surface area contributed by atoms with Crippen LogP contribution >= 0.6 is 15.9 Å². The zero-order chi connectivity index (χ0) is 8.72. The molecule has 0 aliphatic carbocycles. The molecule has 0 spiro atoms. The third-order valence-corrected chi connectivity index (χ3v) is 2.31. The summed E-state index contributed by atoms with van der Waals surface area (Å²) in [5, 5.41) is 11.9. The predicted molar refractivity (Wildman–Crippen MR) is 47.7 cm³/mol. The fourth-order valence-electron chi connectivity index (χ4n) is 1.22. The van der Waals surface area contributed by atoms with Gasteiger partial charge in [0.05, 0.1) is 0 Å². The van der Waals surface area contributed by atoms with Gasteiger partial charge in [-0.2, -0.15) is 0 Å². The van der Waals surface area contributed by atoms with Crippen LogP contribution in [0.1, 0.15) is 11.7 Å². The Morgan fingerprint density at radius 2 is 2.25 bits per heavy atom. The van der Waals surface area contributed by atoms with Crippen LogP contribution in [0.15, 0.2) is 22.7 Å². The molecule has 1 atom stereocenters. The van der Waals surface area contributed by atoms with Crippen LogP contribution in [-0.2, 0) is 4.79 Å². The summed E-state index contributed by atoms with van der Waals surface area (Å²) >= 11 is 3.27. The van der Waals surface area contributed by atoms with Gasteiger partial charge in [-0.05, 0) is 12.1 Å². The number of nitrogens with one attached hydrogen (secondary N) is 1. The molecule has 4 heteroatoms. The number of hydrogen-bond acceptors (Lipinski definition) is 2. The molecule has 0 bridgehead atoms. The van der Waals surface area contributed by atoms with E-state index in [1.54, 1.807) is 18.2 Å². The number of halogens is 1. The Hall–Kier alpha value is -0.870. The Morgan fingerprint density at radius 3 is 3.00 bits per heavy atom. The zero-order valence-electron chi connectivity index (χ0n) is 6.04. The van der Waals surface area contributed by atoms with Gasteiger partial charge >= 0.3 is 0 Å². The molecule has 1 aromatic rings. The van der Waals surface area contributed by atoms with Gasteiger partial charge in [-0.1, -0.05) is 22.0 Å². The first-order valence-corrected chi connectivity index (χ1v) is 4.26. The van der Waals surface area contributed by atoms with Crippen molar-refractivity contribution in [1.29, 1.82) is 0 Å². The molecule has 1 aromatic carbocycles. The Kier molecular flexibility index (Phi) is 1.66. The standard InChI is InChI=1S/C8H6BrNO2/c9-4-1-2-5-6(3-4)10-8(12)7(5)11/h1-3,7,11H,(H,10,12). The van der Waals surface area contributed by atoms with Crippen LogP contribution in [0.3, 0.4) is 0 Å². The molecule has 1 aliphatic heterocycles. The van der Waals surface area contributed by atoms with E-state index in [1.807, 2.05) is 0 Å². The number of carbonyl (C=O) groups excluding carboxylic acids is 1. The summed E-state index contributed by atoms with van der Waals surface area (Å²) in [7, 11) is 0. The first kappa shape index (κ1) is 7.76. The number of fused-ring (bicyclic) bond motifs is 1. The van der Waals surface area contributed by atoms with Gasteiger partial charge in [0.1, 0.15) is 0 Å². The predicted octanol–water partition coefficient (Wildman–Crippen LogP) is 1.43. The fraction of sp³-hybridized carbons (Fsp3) is 0.125. The van der Waals surface area contributed by atoms with E-state index in [0.717, 1.165) is 4.47 Å². The largest absolute Gasteiger partial charge is 0.378 e. The van der Waals surface area contributed by atoms with E-state index in [9.17, 15) is 9.90 Å². The van der Waals surface area contributed by atoms with Crippen molar-refractivity contribution in [1.82, 2.24) is 0 Å². The minimum Gasteiger partial charge on any atom is -0.378 e. The minimum atomic E-state index is -1.01. The molecule has 0 fully saturated rings. The quantitative estimate of drug-likeness (QED) is 0.705. The highest BCUT2D eigenvalue weighted by Crippen LogP contribution is 2.32. The SMILES string of the molecule is O=C1Nc2cc(Br)ccc2C1O. The lowest BCUT2D eigenvalue weighted by Crippen LogP contribution is -2.10. The summed E-state index contributed by atoms with van der Waals surface area (Å²) in [6.45, 7) is 0.